The molecular weight excluding hydrogens is 1020 g/mol. The van der Waals surface area contributed by atoms with Crippen LogP contribution in [0.15, 0.2) is 146 Å². The summed E-state index contributed by atoms with van der Waals surface area (Å²) >= 11 is 9.53. The van der Waals surface area contributed by atoms with Gasteiger partial charge in [-0.25, -0.2) is 0 Å². The third-order valence-electron chi connectivity index (χ3n) is 15.4. The maximum absolute atomic E-state index is 7.57. The largest absolute Gasteiger partial charge is 0.457 e. The molecule has 0 spiro atoms. The van der Waals surface area contributed by atoms with E-state index < -0.39 is 12.6 Å². The van der Waals surface area contributed by atoms with Crippen LogP contribution in [0.25, 0.3) is 22.3 Å². The number of hydrogen-bond acceptors (Lipinski definition) is 11. The standard InChI is InChI=1S/C62H54N2O8.C2H6O.CH2Cl2/c1-5-41-45-25-49-43(7-3)51-27-47-42(6-2)48-28-52-44(8-4)50-26-46(41)54-30-58(50)70-62(40-15-11-36(12-16-40)38-19-23-64-24-20-38)72-60(52)32-56(48)68-34-67-55(47)31-59(51)71-61(69-57(49)29-53(45)65-33-66-54)39-13-9-35(10-14-39)37-17-21-63-22-18-37;1-2-3;2-1-3/h9-32,41-44,61-62H,5-8,33-34H2,1-4H3;3H,2H2,1H3;1H2. The molecule has 4 aliphatic heterocycles. The van der Waals surface area contributed by atoms with Gasteiger partial charge < -0.3 is 43.0 Å². The Kier molecular flexibility index (Phi) is 15.7. The Bertz CT molecular complexity index is 3040. The summed E-state index contributed by atoms with van der Waals surface area (Å²) in [7, 11) is 0. The zero-order valence-corrected chi connectivity index (χ0v) is 45.9. The number of nitrogens with zero attached hydrogens (tertiary/aromatic N) is 2. The summed E-state index contributed by atoms with van der Waals surface area (Å²) in [5.74, 6) is 5.27. The first-order valence-electron chi connectivity index (χ1n) is 26.9. The Morgan fingerprint density at radius 2 is 0.603 bits per heavy atom. The Labute approximate surface area is 465 Å². The van der Waals surface area contributed by atoms with Gasteiger partial charge >= 0.3 is 0 Å². The zero-order valence-electron chi connectivity index (χ0n) is 44.3. The number of aromatic nitrogens is 2. The predicted molar refractivity (Wildman–Crippen MR) is 303 cm³/mol. The first-order valence-corrected chi connectivity index (χ1v) is 28.0. The van der Waals surface area contributed by atoms with E-state index in [2.05, 4.69) is 135 Å². The highest BCUT2D eigenvalue weighted by Gasteiger charge is 2.38. The minimum Gasteiger partial charge on any atom is -0.457 e. The Balaban J connectivity index is 0.00000103. The second-order valence-corrected chi connectivity index (χ2v) is 20.4. The van der Waals surface area contributed by atoms with E-state index in [1.165, 1.54) is 0 Å². The van der Waals surface area contributed by atoms with Gasteiger partial charge in [-0.3, -0.25) is 9.97 Å². The summed E-state index contributed by atoms with van der Waals surface area (Å²) in [4.78, 5) is 8.44. The molecule has 0 unspecified atom stereocenters. The van der Waals surface area contributed by atoms with Crippen molar-refractivity contribution in [1.82, 2.24) is 9.97 Å². The minimum absolute atomic E-state index is 0.0163. The lowest BCUT2D eigenvalue weighted by Crippen LogP contribution is -2.24. The van der Waals surface area contributed by atoms with E-state index in [-0.39, 0.29) is 49.2 Å². The van der Waals surface area contributed by atoms with Crippen molar-refractivity contribution in [2.24, 2.45) is 0 Å². The van der Waals surface area contributed by atoms with Crippen molar-refractivity contribution in [3.8, 4) is 68.2 Å². The van der Waals surface area contributed by atoms with Gasteiger partial charge in [0.1, 0.15) is 46.0 Å². The molecular formula is C65H62Cl2N2O9. The van der Waals surface area contributed by atoms with Crippen LogP contribution < -0.4 is 37.9 Å². The molecule has 1 aliphatic carbocycles. The Morgan fingerprint density at radius 3 is 0.846 bits per heavy atom. The van der Waals surface area contributed by atoms with Crippen LogP contribution in [-0.4, -0.2) is 40.6 Å². The van der Waals surface area contributed by atoms with Crippen molar-refractivity contribution in [2.75, 3.05) is 25.5 Å². The van der Waals surface area contributed by atoms with Crippen molar-refractivity contribution in [3.05, 3.63) is 202 Å². The van der Waals surface area contributed by atoms with Gasteiger partial charge in [0.05, 0.1) is 5.34 Å². The Morgan fingerprint density at radius 1 is 0.372 bits per heavy atom. The average Bonchev–Trinajstić information content (AvgIpc) is 3.48. The molecule has 0 saturated carbocycles. The molecule has 6 aromatic carbocycles. The van der Waals surface area contributed by atoms with Gasteiger partial charge in [0.2, 0.25) is 13.6 Å². The molecule has 400 valence electrons. The van der Waals surface area contributed by atoms with Crippen LogP contribution in [0, 0.1) is 0 Å². The number of halogens is 2. The van der Waals surface area contributed by atoms with Gasteiger partial charge in [0.25, 0.3) is 12.6 Å². The molecule has 0 fully saturated rings. The SMILES string of the molecule is CCC1c2cc3c4cc2OCOc2cc5c(cc21)C(CC)c1cc2c(cc1OC(c1ccc(-c6ccncc6)cc1)O5)OCOc1cc(c(cc1C2CC)C3CC)OC(c1ccc(-c2ccncc2)cc1)O4.CCO.ClCCl. The molecule has 5 aliphatic rings. The fourth-order valence-electron chi connectivity index (χ4n) is 11.7. The lowest BCUT2D eigenvalue weighted by Gasteiger charge is -2.36. The summed E-state index contributed by atoms with van der Waals surface area (Å²) < 4.78 is 55.3. The molecule has 0 saturated heterocycles. The fraction of sp³-hybridized carbons (Fsp3) is 0.292. The van der Waals surface area contributed by atoms with E-state index in [9.17, 15) is 0 Å². The number of ether oxygens (including phenoxy) is 8. The number of aliphatic hydroxyl groups is 1. The van der Waals surface area contributed by atoms with Crippen LogP contribution in [0.1, 0.15) is 152 Å². The molecule has 78 heavy (non-hydrogen) atoms. The quantitative estimate of drug-likeness (QED) is 0.146. The molecule has 0 radical (unpaired) electrons. The van der Waals surface area contributed by atoms with E-state index in [0.29, 0.717) is 46.0 Å². The van der Waals surface area contributed by atoms with Gasteiger partial charge in [-0.2, -0.15) is 0 Å². The van der Waals surface area contributed by atoms with Crippen molar-refractivity contribution >= 4 is 23.2 Å². The van der Waals surface area contributed by atoms with Gasteiger partial charge in [0, 0.05) is 135 Å². The third-order valence-corrected chi connectivity index (χ3v) is 15.4. The van der Waals surface area contributed by atoms with E-state index in [1.807, 2.05) is 49.1 Å². The summed E-state index contributed by atoms with van der Waals surface area (Å²) in [5.41, 5.74) is 14.6. The van der Waals surface area contributed by atoms with Crippen molar-refractivity contribution in [2.45, 2.75) is 96.6 Å². The molecule has 6 heterocycles. The van der Waals surface area contributed by atoms with E-state index in [4.69, 9.17) is 66.2 Å². The number of rotatable bonds is 8. The molecule has 0 amide bonds. The number of pyridine rings is 2. The van der Waals surface area contributed by atoms with Gasteiger partial charge in [-0.05, 0) is 103 Å². The lowest BCUT2D eigenvalue weighted by molar-refractivity contribution is -0.00136. The highest BCUT2D eigenvalue weighted by Crippen LogP contribution is 2.56. The molecule has 11 nitrogen and oxygen atoms in total. The average molecular weight is 1090 g/mol. The lowest BCUT2D eigenvalue weighted by atomic mass is 9.77. The summed E-state index contributed by atoms with van der Waals surface area (Å²) in [6.45, 7) is 10.9. The molecule has 13 rings (SSSR count). The first-order chi connectivity index (χ1) is 38.3. The van der Waals surface area contributed by atoms with E-state index in [1.54, 1.807) is 6.92 Å². The first kappa shape index (κ1) is 52.6. The smallest absolute Gasteiger partial charge is 0.267 e. The van der Waals surface area contributed by atoms with Crippen molar-refractivity contribution in [3.63, 3.8) is 0 Å². The highest BCUT2D eigenvalue weighted by molar-refractivity contribution is 6.40. The van der Waals surface area contributed by atoms with Crippen LogP contribution >= 0.6 is 23.2 Å². The molecule has 8 bridgehead atoms. The maximum Gasteiger partial charge on any atom is 0.267 e. The van der Waals surface area contributed by atoms with Crippen LogP contribution in [0.2, 0.25) is 0 Å². The van der Waals surface area contributed by atoms with Crippen molar-refractivity contribution in [1.29, 1.82) is 0 Å². The number of hydrogen-bond donors (Lipinski definition) is 1. The van der Waals surface area contributed by atoms with E-state index in [0.717, 1.165) is 104 Å². The zero-order chi connectivity index (χ0) is 53.9. The van der Waals surface area contributed by atoms with E-state index >= 15 is 0 Å². The van der Waals surface area contributed by atoms with Crippen LogP contribution in [-0.2, 0) is 0 Å². The predicted octanol–water partition coefficient (Wildman–Crippen LogP) is 16.1. The molecule has 0 atom stereocenters. The Hall–Kier alpha value is -7.44. The second-order valence-electron chi connectivity index (χ2n) is 19.6. The summed E-state index contributed by atoms with van der Waals surface area (Å²) in [6, 6.07) is 42.4. The second kappa shape index (κ2) is 23.3. The summed E-state index contributed by atoms with van der Waals surface area (Å²) in [6.07, 6.45) is 8.75. The number of benzene rings is 6. The monoisotopic (exact) mass is 1080 g/mol. The van der Waals surface area contributed by atoms with Gasteiger partial charge in [-0.1, -0.05) is 76.2 Å². The topological polar surface area (TPSA) is 120 Å². The number of aliphatic hydroxyl groups excluding tert-OH is 1. The maximum atomic E-state index is 7.57. The molecule has 2 aromatic heterocycles. The molecule has 13 heteroatoms. The van der Waals surface area contributed by atoms with Crippen LogP contribution in [0.3, 0.4) is 0 Å². The van der Waals surface area contributed by atoms with Crippen LogP contribution in [0.5, 0.6) is 46.0 Å². The van der Waals surface area contributed by atoms with Gasteiger partial charge in [0.15, 0.2) is 0 Å². The molecule has 1 N–H and O–H groups in total. The third kappa shape index (κ3) is 10.0. The fourth-order valence-corrected chi connectivity index (χ4v) is 11.7. The summed E-state index contributed by atoms with van der Waals surface area (Å²) in [5, 5.41) is 7.76. The highest BCUT2D eigenvalue weighted by atomic mass is 35.5. The minimum atomic E-state index is -0.810. The number of alkyl halides is 2. The van der Waals surface area contributed by atoms with Crippen molar-refractivity contribution < 1.29 is 43.0 Å². The normalized spacial score (nSPS) is 19.5. The van der Waals surface area contributed by atoms with Crippen LogP contribution in [0.4, 0.5) is 0 Å². The van der Waals surface area contributed by atoms with Gasteiger partial charge in [-0.15, -0.1) is 23.2 Å². The molecule has 8 aromatic rings.